The van der Waals surface area contributed by atoms with Crippen LogP contribution in [0.15, 0.2) is 53.0 Å². The van der Waals surface area contributed by atoms with Crippen molar-refractivity contribution < 1.29 is 9.18 Å². The minimum absolute atomic E-state index is 0.253. The molecule has 2 aromatic rings. The van der Waals surface area contributed by atoms with E-state index in [9.17, 15) is 9.18 Å². The van der Waals surface area contributed by atoms with Gasteiger partial charge in [0.15, 0.2) is 5.92 Å². The molecule has 100 valence electrons. The molecule has 1 atom stereocenters. The van der Waals surface area contributed by atoms with Crippen LogP contribution in [0.5, 0.6) is 0 Å². The minimum atomic E-state index is -0.903. The molecule has 0 aromatic heterocycles. The number of nitriles is 1. The van der Waals surface area contributed by atoms with E-state index in [0.29, 0.717) is 11.3 Å². The van der Waals surface area contributed by atoms with Gasteiger partial charge in [0.05, 0.1) is 10.5 Å². The molecule has 5 heteroatoms. The Morgan fingerprint density at radius 1 is 1.25 bits per heavy atom. The maximum atomic E-state index is 13.1. The van der Waals surface area contributed by atoms with Gasteiger partial charge < -0.3 is 5.32 Å². The molecule has 0 fully saturated rings. The van der Waals surface area contributed by atoms with Crippen molar-refractivity contribution in [3.05, 3.63) is 64.4 Å². The average Bonchev–Trinajstić information content (AvgIpc) is 2.45. The van der Waals surface area contributed by atoms with Gasteiger partial charge >= 0.3 is 0 Å². The van der Waals surface area contributed by atoms with E-state index in [1.807, 2.05) is 12.1 Å². The molecule has 1 N–H and O–H groups in total. The Balaban J connectivity index is 2.18. The fourth-order valence-corrected chi connectivity index (χ4v) is 2.10. The first kappa shape index (κ1) is 14.2. The summed E-state index contributed by atoms with van der Waals surface area (Å²) in [5.41, 5.74) is 1.05. The summed E-state index contributed by atoms with van der Waals surface area (Å²) >= 11 is 3.04. The minimum Gasteiger partial charge on any atom is -0.325 e. The molecular formula is C15H10BrFN2O. The first-order valence-corrected chi connectivity index (χ1v) is 6.61. The third-order valence-corrected chi connectivity index (χ3v) is 3.32. The smallest absolute Gasteiger partial charge is 0.246 e. The zero-order valence-electron chi connectivity index (χ0n) is 10.3. The van der Waals surface area contributed by atoms with Crippen LogP contribution in [0.3, 0.4) is 0 Å². The normalized spacial score (nSPS) is 11.4. The molecule has 0 radical (unpaired) electrons. The number of amides is 1. The standard InChI is InChI=1S/C15H10BrFN2O/c16-13-8-11(6-7-14(13)17)19-15(20)12(9-18)10-4-2-1-3-5-10/h1-8,12H,(H,19,20). The summed E-state index contributed by atoms with van der Waals surface area (Å²) in [5, 5.41) is 11.7. The first-order valence-electron chi connectivity index (χ1n) is 5.82. The molecule has 0 aliphatic rings. The maximum Gasteiger partial charge on any atom is 0.246 e. The van der Waals surface area contributed by atoms with Crippen LogP contribution in [-0.4, -0.2) is 5.91 Å². The predicted octanol–water partition coefficient (Wildman–Crippen LogP) is 3.83. The zero-order valence-corrected chi connectivity index (χ0v) is 11.9. The van der Waals surface area contributed by atoms with Crippen molar-refractivity contribution in [2.24, 2.45) is 0 Å². The van der Waals surface area contributed by atoms with Crippen LogP contribution in [0.1, 0.15) is 11.5 Å². The lowest BCUT2D eigenvalue weighted by Crippen LogP contribution is -2.20. The average molecular weight is 333 g/mol. The Hall–Kier alpha value is -2.19. The summed E-state index contributed by atoms with van der Waals surface area (Å²) in [6.07, 6.45) is 0. The van der Waals surface area contributed by atoms with Crippen LogP contribution < -0.4 is 5.32 Å². The molecule has 1 unspecified atom stereocenters. The summed E-state index contributed by atoms with van der Waals surface area (Å²) in [5.74, 6) is -1.76. The summed E-state index contributed by atoms with van der Waals surface area (Å²) in [4.78, 5) is 12.1. The topological polar surface area (TPSA) is 52.9 Å². The van der Waals surface area contributed by atoms with Gasteiger partial charge in [0.1, 0.15) is 5.82 Å². The van der Waals surface area contributed by atoms with E-state index in [1.54, 1.807) is 24.3 Å². The van der Waals surface area contributed by atoms with Gasteiger partial charge in [0.2, 0.25) is 5.91 Å². The molecule has 3 nitrogen and oxygen atoms in total. The van der Waals surface area contributed by atoms with Crippen LogP contribution in [0.2, 0.25) is 0 Å². The SMILES string of the molecule is N#CC(C(=O)Nc1ccc(F)c(Br)c1)c1ccccc1. The van der Waals surface area contributed by atoms with Gasteiger partial charge in [0.25, 0.3) is 0 Å². The maximum absolute atomic E-state index is 13.1. The molecule has 1 amide bonds. The number of halogens is 2. The van der Waals surface area contributed by atoms with Crippen molar-refractivity contribution >= 4 is 27.5 Å². The fourth-order valence-electron chi connectivity index (χ4n) is 1.72. The molecule has 0 saturated carbocycles. The van der Waals surface area contributed by atoms with E-state index in [4.69, 9.17) is 5.26 Å². The van der Waals surface area contributed by atoms with E-state index in [1.165, 1.54) is 18.2 Å². The number of carbonyl (C=O) groups is 1. The van der Waals surface area contributed by atoms with Gasteiger partial charge in [-0.15, -0.1) is 0 Å². The first-order chi connectivity index (χ1) is 9.61. The van der Waals surface area contributed by atoms with Crippen LogP contribution in [0.4, 0.5) is 10.1 Å². The van der Waals surface area contributed by atoms with Gasteiger partial charge in [-0.2, -0.15) is 5.26 Å². The number of anilines is 1. The Bertz CT molecular complexity index is 667. The molecule has 0 aliphatic carbocycles. The fraction of sp³-hybridized carbons (Fsp3) is 0.0667. The van der Waals surface area contributed by atoms with E-state index in [2.05, 4.69) is 21.2 Å². The number of carbonyl (C=O) groups excluding carboxylic acids is 1. The molecular weight excluding hydrogens is 323 g/mol. The van der Waals surface area contributed by atoms with E-state index in [0.717, 1.165) is 0 Å². The van der Waals surface area contributed by atoms with E-state index >= 15 is 0 Å². The van der Waals surface area contributed by atoms with Gasteiger partial charge in [0, 0.05) is 5.69 Å². The van der Waals surface area contributed by atoms with E-state index < -0.39 is 17.6 Å². The Labute approximate surface area is 124 Å². The highest BCUT2D eigenvalue weighted by atomic mass is 79.9. The van der Waals surface area contributed by atoms with Crippen molar-refractivity contribution in [2.75, 3.05) is 5.32 Å². The summed E-state index contributed by atoms with van der Waals surface area (Å²) < 4.78 is 13.4. The third kappa shape index (κ3) is 3.22. The van der Waals surface area contributed by atoms with E-state index in [-0.39, 0.29) is 4.47 Å². The Morgan fingerprint density at radius 2 is 1.95 bits per heavy atom. The third-order valence-electron chi connectivity index (χ3n) is 2.71. The lowest BCUT2D eigenvalue weighted by molar-refractivity contribution is -0.116. The zero-order chi connectivity index (χ0) is 14.5. The molecule has 0 aliphatic heterocycles. The Morgan fingerprint density at radius 3 is 2.55 bits per heavy atom. The van der Waals surface area contributed by atoms with Crippen molar-refractivity contribution in [2.45, 2.75) is 5.92 Å². The number of nitrogens with one attached hydrogen (secondary N) is 1. The molecule has 0 spiro atoms. The van der Waals surface area contributed by atoms with Gasteiger partial charge in [-0.05, 0) is 39.7 Å². The molecule has 20 heavy (non-hydrogen) atoms. The molecule has 2 aromatic carbocycles. The second kappa shape index (κ2) is 6.31. The van der Waals surface area contributed by atoms with Crippen LogP contribution in [-0.2, 0) is 4.79 Å². The van der Waals surface area contributed by atoms with Crippen molar-refractivity contribution in [1.82, 2.24) is 0 Å². The van der Waals surface area contributed by atoms with Crippen LogP contribution >= 0.6 is 15.9 Å². The highest BCUT2D eigenvalue weighted by molar-refractivity contribution is 9.10. The molecule has 0 saturated heterocycles. The second-order valence-corrected chi connectivity index (χ2v) is 4.95. The monoisotopic (exact) mass is 332 g/mol. The van der Waals surface area contributed by atoms with Crippen molar-refractivity contribution in [3.8, 4) is 6.07 Å². The molecule has 0 heterocycles. The summed E-state index contributed by atoms with van der Waals surface area (Å²) in [6, 6.07) is 14.9. The lowest BCUT2D eigenvalue weighted by atomic mass is 10.00. The predicted molar refractivity (Wildman–Crippen MR) is 77.5 cm³/mol. The van der Waals surface area contributed by atoms with Crippen LogP contribution in [0.25, 0.3) is 0 Å². The highest BCUT2D eigenvalue weighted by Gasteiger charge is 2.20. The number of rotatable bonds is 3. The largest absolute Gasteiger partial charge is 0.325 e. The number of hydrogen-bond acceptors (Lipinski definition) is 2. The molecule has 0 bridgehead atoms. The molecule has 2 rings (SSSR count). The number of hydrogen-bond donors (Lipinski definition) is 1. The lowest BCUT2D eigenvalue weighted by Gasteiger charge is -2.11. The Kier molecular flexibility index (Phi) is 4.49. The number of nitrogens with zero attached hydrogens (tertiary/aromatic N) is 1. The van der Waals surface area contributed by atoms with Gasteiger partial charge in [-0.1, -0.05) is 30.3 Å². The summed E-state index contributed by atoms with van der Waals surface area (Å²) in [7, 11) is 0. The highest BCUT2D eigenvalue weighted by Crippen LogP contribution is 2.22. The number of benzene rings is 2. The van der Waals surface area contributed by atoms with Crippen LogP contribution in [0, 0.1) is 17.1 Å². The summed E-state index contributed by atoms with van der Waals surface area (Å²) in [6.45, 7) is 0. The second-order valence-electron chi connectivity index (χ2n) is 4.09. The van der Waals surface area contributed by atoms with Crippen molar-refractivity contribution in [3.63, 3.8) is 0 Å². The van der Waals surface area contributed by atoms with Crippen molar-refractivity contribution in [1.29, 1.82) is 5.26 Å². The van der Waals surface area contributed by atoms with Gasteiger partial charge in [-0.3, -0.25) is 4.79 Å². The quantitative estimate of drug-likeness (QED) is 0.928. The van der Waals surface area contributed by atoms with Gasteiger partial charge in [-0.25, -0.2) is 4.39 Å².